The summed E-state index contributed by atoms with van der Waals surface area (Å²) in [5.41, 5.74) is 3.24. The van der Waals surface area contributed by atoms with E-state index >= 15 is 0 Å². The molecule has 1 fully saturated rings. The molecule has 2 heterocycles. The van der Waals surface area contributed by atoms with E-state index in [0.717, 1.165) is 35.2 Å². The fourth-order valence-electron chi connectivity index (χ4n) is 3.33. The van der Waals surface area contributed by atoms with E-state index in [1.807, 2.05) is 38.1 Å². The molecule has 0 unspecified atom stereocenters. The number of rotatable bonds is 7. The number of thiophene rings is 1. The predicted molar refractivity (Wildman–Crippen MR) is 120 cm³/mol. The van der Waals surface area contributed by atoms with Crippen LogP contribution in [0.1, 0.15) is 41.3 Å². The van der Waals surface area contributed by atoms with Crippen LogP contribution in [0.2, 0.25) is 0 Å². The van der Waals surface area contributed by atoms with E-state index in [0.29, 0.717) is 23.1 Å². The molecule has 152 valence electrons. The van der Waals surface area contributed by atoms with E-state index in [2.05, 4.69) is 12.2 Å². The maximum atomic E-state index is 13.4. The number of fused-ring (bicyclic) bond motifs is 1. The van der Waals surface area contributed by atoms with Gasteiger partial charge in [0.1, 0.15) is 4.83 Å². The largest absolute Gasteiger partial charge is 0.353 e. The van der Waals surface area contributed by atoms with Crippen molar-refractivity contribution in [2.75, 3.05) is 5.75 Å². The van der Waals surface area contributed by atoms with Crippen molar-refractivity contribution in [1.29, 1.82) is 0 Å². The van der Waals surface area contributed by atoms with E-state index in [1.54, 1.807) is 15.9 Å². The molecule has 3 aromatic rings. The van der Waals surface area contributed by atoms with Crippen molar-refractivity contribution in [3.8, 4) is 0 Å². The number of benzene rings is 1. The Bertz CT molecular complexity index is 1110. The second kappa shape index (κ2) is 8.32. The summed E-state index contributed by atoms with van der Waals surface area (Å²) < 4.78 is 1.72. The third kappa shape index (κ3) is 4.41. The molecule has 0 atom stereocenters. The van der Waals surface area contributed by atoms with Gasteiger partial charge in [-0.2, -0.15) is 0 Å². The number of thioether (sulfide) groups is 1. The average molecular weight is 428 g/mol. The molecule has 0 spiro atoms. The van der Waals surface area contributed by atoms with Crippen LogP contribution in [0.4, 0.5) is 0 Å². The summed E-state index contributed by atoms with van der Waals surface area (Å²) in [6, 6.07) is 8.51. The van der Waals surface area contributed by atoms with Gasteiger partial charge in [-0.25, -0.2) is 4.98 Å². The molecule has 2 aromatic heterocycles. The van der Waals surface area contributed by atoms with E-state index in [1.165, 1.54) is 22.2 Å². The molecule has 5 nitrogen and oxygen atoms in total. The number of carbonyl (C=O) groups excluding carboxylic acids is 1. The van der Waals surface area contributed by atoms with Gasteiger partial charge in [-0.15, -0.1) is 11.3 Å². The Hall–Kier alpha value is -2.12. The lowest BCUT2D eigenvalue weighted by Crippen LogP contribution is -2.28. The SMILES string of the molecule is CCc1sc2nc(SCC(=O)NC3CC3)n(Cc3ccc(C)cc3)c(=O)c2c1C. The molecule has 1 amide bonds. The van der Waals surface area contributed by atoms with Crippen molar-refractivity contribution < 1.29 is 4.79 Å². The van der Waals surface area contributed by atoms with Crippen LogP contribution in [0.25, 0.3) is 10.2 Å². The summed E-state index contributed by atoms with van der Waals surface area (Å²) in [4.78, 5) is 32.4. The number of aryl methyl sites for hydroxylation is 3. The van der Waals surface area contributed by atoms with Crippen molar-refractivity contribution >= 4 is 39.2 Å². The van der Waals surface area contributed by atoms with Crippen molar-refractivity contribution in [2.45, 2.75) is 57.8 Å². The zero-order valence-corrected chi connectivity index (χ0v) is 18.6. The lowest BCUT2D eigenvalue weighted by molar-refractivity contribution is -0.118. The van der Waals surface area contributed by atoms with Gasteiger partial charge in [-0.05, 0) is 44.2 Å². The summed E-state index contributed by atoms with van der Waals surface area (Å²) >= 11 is 2.93. The maximum Gasteiger partial charge on any atom is 0.263 e. The Morgan fingerprint density at radius 3 is 2.66 bits per heavy atom. The molecule has 4 rings (SSSR count). The first-order chi connectivity index (χ1) is 14.0. The summed E-state index contributed by atoms with van der Waals surface area (Å²) in [6.07, 6.45) is 3.01. The minimum Gasteiger partial charge on any atom is -0.353 e. The number of hydrogen-bond donors (Lipinski definition) is 1. The second-order valence-corrected chi connectivity index (χ2v) is 9.61. The molecule has 1 aliphatic rings. The lowest BCUT2D eigenvalue weighted by Gasteiger charge is -2.12. The van der Waals surface area contributed by atoms with Gasteiger partial charge in [0.05, 0.1) is 17.7 Å². The monoisotopic (exact) mass is 427 g/mol. The number of carbonyl (C=O) groups is 1. The van der Waals surface area contributed by atoms with Crippen LogP contribution < -0.4 is 10.9 Å². The molecule has 29 heavy (non-hydrogen) atoms. The van der Waals surface area contributed by atoms with Gasteiger partial charge < -0.3 is 5.32 Å². The van der Waals surface area contributed by atoms with Crippen molar-refractivity contribution in [3.63, 3.8) is 0 Å². The van der Waals surface area contributed by atoms with Gasteiger partial charge in [-0.1, -0.05) is 48.5 Å². The third-order valence-corrected chi connectivity index (χ3v) is 7.48. The summed E-state index contributed by atoms with van der Waals surface area (Å²) in [7, 11) is 0. The van der Waals surface area contributed by atoms with Crippen molar-refractivity contribution in [1.82, 2.24) is 14.9 Å². The topological polar surface area (TPSA) is 64.0 Å². The first-order valence-electron chi connectivity index (χ1n) is 9.96. The molecular weight excluding hydrogens is 402 g/mol. The van der Waals surface area contributed by atoms with Crippen LogP contribution >= 0.6 is 23.1 Å². The van der Waals surface area contributed by atoms with Crippen LogP contribution in [-0.2, 0) is 17.8 Å². The van der Waals surface area contributed by atoms with E-state index in [-0.39, 0.29) is 17.2 Å². The van der Waals surface area contributed by atoms with E-state index in [4.69, 9.17) is 4.98 Å². The first kappa shape index (κ1) is 20.2. The van der Waals surface area contributed by atoms with Gasteiger partial charge in [0, 0.05) is 10.9 Å². The number of nitrogens with zero attached hydrogens (tertiary/aromatic N) is 2. The van der Waals surface area contributed by atoms with E-state index in [9.17, 15) is 9.59 Å². The lowest BCUT2D eigenvalue weighted by atomic mass is 10.1. The fraction of sp³-hybridized carbons (Fsp3) is 0.409. The van der Waals surface area contributed by atoms with Gasteiger partial charge in [0.2, 0.25) is 5.91 Å². The average Bonchev–Trinajstić information content (AvgIpc) is 3.45. The Morgan fingerprint density at radius 2 is 2.00 bits per heavy atom. The minimum atomic E-state index is -0.0193. The normalized spacial score (nSPS) is 13.8. The highest BCUT2D eigenvalue weighted by atomic mass is 32.2. The molecule has 1 aromatic carbocycles. The van der Waals surface area contributed by atoms with E-state index < -0.39 is 0 Å². The Kier molecular flexibility index (Phi) is 5.79. The summed E-state index contributed by atoms with van der Waals surface area (Å²) in [5, 5.41) is 4.32. The molecule has 0 bridgehead atoms. The fourth-order valence-corrected chi connectivity index (χ4v) is 5.30. The third-order valence-electron chi connectivity index (χ3n) is 5.17. The second-order valence-electron chi connectivity index (χ2n) is 7.59. The number of hydrogen-bond acceptors (Lipinski definition) is 5. The number of amides is 1. The van der Waals surface area contributed by atoms with Crippen LogP contribution in [-0.4, -0.2) is 27.3 Å². The number of nitrogens with one attached hydrogen (secondary N) is 1. The molecular formula is C22H25N3O2S2. The van der Waals surface area contributed by atoms with Gasteiger partial charge in [-0.3, -0.25) is 14.2 Å². The number of aromatic nitrogens is 2. The predicted octanol–water partition coefficient (Wildman–Crippen LogP) is 4.06. The van der Waals surface area contributed by atoms with Crippen molar-refractivity contribution in [2.24, 2.45) is 0 Å². The highest BCUT2D eigenvalue weighted by Gasteiger charge is 2.24. The Balaban J connectivity index is 1.72. The summed E-state index contributed by atoms with van der Waals surface area (Å²) in [5.74, 6) is 0.276. The molecule has 7 heteroatoms. The van der Waals surface area contributed by atoms with Crippen molar-refractivity contribution in [3.05, 3.63) is 56.2 Å². The van der Waals surface area contributed by atoms with Gasteiger partial charge in [0.15, 0.2) is 5.16 Å². The molecule has 0 aliphatic heterocycles. The maximum absolute atomic E-state index is 13.4. The van der Waals surface area contributed by atoms with Crippen LogP contribution in [0.15, 0.2) is 34.2 Å². The zero-order valence-electron chi connectivity index (χ0n) is 16.9. The van der Waals surface area contributed by atoms with Crippen LogP contribution in [0, 0.1) is 13.8 Å². The van der Waals surface area contributed by atoms with Gasteiger partial charge >= 0.3 is 0 Å². The minimum absolute atomic E-state index is 0.00494. The molecule has 0 saturated heterocycles. The molecule has 1 N–H and O–H groups in total. The molecule has 1 aliphatic carbocycles. The first-order valence-corrected chi connectivity index (χ1v) is 11.8. The smallest absolute Gasteiger partial charge is 0.263 e. The van der Waals surface area contributed by atoms with Crippen LogP contribution in [0.3, 0.4) is 0 Å². The standard InChI is InChI=1S/C22H25N3O2S2/c1-4-17-14(3)19-20(29-17)24-22(28-12-18(26)23-16-9-10-16)25(21(19)27)11-15-7-5-13(2)6-8-15/h5-8,16H,4,9-12H2,1-3H3,(H,23,26). The van der Waals surface area contributed by atoms with Gasteiger partial charge in [0.25, 0.3) is 5.56 Å². The molecule has 0 radical (unpaired) electrons. The Morgan fingerprint density at radius 1 is 1.28 bits per heavy atom. The quantitative estimate of drug-likeness (QED) is 0.456. The Labute approximate surface area is 178 Å². The highest BCUT2D eigenvalue weighted by Crippen LogP contribution is 2.30. The summed E-state index contributed by atoms with van der Waals surface area (Å²) in [6.45, 7) is 6.60. The molecule has 1 saturated carbocycles. The highest BCUT2D eigenvalue weighted by molar-refractivity contribution is 7.99. The zero-order chi connectivity index (χ0) is 20.5. The van der Waals surface area contributed by atoms with Crippen LogP contribution in [0.5, 0.6) is 0 Å².